The van der Waals surface area contributed by atoms with Crippen LogP contribution >= 0.6 is 0 Å². The first-order chi connectivity index (χ1) is 13.2. The number of morpholine rings is 1. The molecule has 0 unspecified atom stereocenters. The van der Waals surface area contributed by atoms with Gasteiger partial charge in [0.05, 0.1) is 13.7 Å². The number of aromatic hydroxyl groups is 1. The van der Waals surface area contributed by atoms with Gasteiger partial charge in [0.15, 0.2) is 11.5 Å². The molecule has 0 saturated carbocycles. The first-order valence-corrected chi connectivity index (χ1v) is 8.82. The van der Waals surface area contributed by atoms with Crippen LogP contribution in [0.1, 0.15) is 17.5 Å². The van der Waals surface area contributed by atoms with E-state index in [9.17, 15) is 5.11 Å². The molecule has 1 aliphatic rings. The molecule has 1 fully saturated rings. The topological polar surface area (TPSA) is 80.9 Å². The fourth-order valence-corrected chi connectivity index (χ4v) is 3.16. The molecule has 2 aromatic carbocycles. The predicted molar refractivity (Wildman–Crippen MR) is 98.4 cm³/mol. The Morgan fingerprint density at radius 3 is 2.85 bits per heavy atom. The molecule has 3 aromatic rings. The van der Waals surface area contributed by atoms with Gasteiger partial charge in [-0.05, 0) is 29.8 Å². The molecule has 140 valence electrons. The number of hydrogen-bond donors (Lipinski definition) is 1. The second-order valence-electron chi connectivity index (χ2n) is 6.42. The van der Waals surface area contributed by atoms with E-state index in [2.05, 4.69) is 15.0 Å². The maximum Gasteiger partial charge on any atom is 0.258 e. The number of phenols is 1. The number of rotatable bonds is 5. The van der Waals surface area contributed by atoms with Crippen LogP contribution in [0, 0.1) is 0 Å². The quantitative estimate of drug-likeness (QED) is 0.742. The minimum absolute atomic E-state index is 0.144. The van der Waals surface area contributed by atoms with Crippen LogP contribution in [0.3, 0.4) is 0 Å². The first-order valence-electron chi connectivity index (χ1n) is 8.82. The van der Waals surface area contributed by atoms with Crippen molar-refractivity contribution in [1.82, 2.24) is 15.0 Å². The Balaban J connectivity index is 1.44. The van der Waals surface area contributed by atoms with Crippen molar-refractivity contribution in [3.63, 3.8) is 0 Å². The molecule has 1 N–H and O–H groups in total. The van der Waals surface area contributed by atoms with Crippen molar-refractivity contribution in [3.05, 3.63) is 59.9 Å². The largest absolute Gasteiger partial charge is 0.504 e. The highest BCUT2D eigenvalue weighted by molar-refractivity contribution is 5.52. The van der Waals surface area contributed by atoms with E-state index in [0.717, 1.165) is 17.7 Å². The summed E-state index contributed by atoms with van der Waals surface area (Å²) in [4.78, 5) is 6.74. The molecular weight excluding hydrogens is 346 g/mol. The van der Waals surface area contributed by atoms with Crippen LogP contribution in [0.15, 0.2) is 53.1 Å². The number of aromatic nitrogens is 2. The lowest BCUT2D eigenvalue weighted by molar-refractivity contribution is -0.0380. The molecule has 2 heterocycles. The molecular formula is C20H21N3O4. The van der Waals surface area contributed by atoms with Crippen LogP contribution in [0.4, 0.5) is 0 Å². The van der Waals surface area contributed by atoms with Crippen molar-refractivity contribution in [2.24, 2.45) is 0 Å². The Morgan fingerprint density at radius 2 is 2.07 bits per heavy atom. The Bertz CT molecular complexity index is 897. The van der Waals surface area contributed by atoms with Gasteiger partial charge in [-0.15, -0.1) is 0 Å². The number of benzene rings is 2. The predicted octanol–water partition coefficient (Wildman–Crippen LogP) is 3.02. The third-order valence-corrected chi connectivity index (χ3v) is 4.55. The van der Waals surface area contributed by atoms with Crippen molar-refractivity contribution in [3.8, 4) is 23.0 Å². The summed E-state index contributed by atoms with van der Waals surface area (Å²) in [5.74, 6) is 1.66. The van der Waals surface area contributed by atoms with Crippen molar-refractivity contribution in [2.75, 3.05) is 26.8 Å². The smallest absolute Gasteiger partial charge is 0.258 e. The summed E-state index contributed by atoms with van der Waals surface area (Å²) >= 11 is 0. The zero-order valence-electron chi connectivity index (χ0n) is 15.0. The van der Waals surface area contributed by atoms with E-state index in [1.54, 1.807) is 12.1 Å². The highest BCUT2D eigenvalue weighted by Crippen LogP contribution is 2.28. The van der Waals surface area contributed by atoms with Gasteiger partial charge in [-0.1, -0.05) is 29.4 Å². The average molecular weight is 367 g/mol. The van der Waals surface area contributed by atoms with E-state index in [4.69, 9.17) is 14.0 Å². The molecule has 27 heavy (non-hydrogen) atoms. The van der Waals surface area contributed by atoms with E-state index < -0.39 is 0 Å². The van der Waals surface area contributed by atoms with E-state index in [1.807, 2.05) is 36.4 Å². The van der Waals surface area contributed by atoms with Crippen molar-refractivity contribution >= 4 is 0 Å². The third kappa shape index (κ3) is 3.94. The molecule has 0 amide bonds. The Hall–Kier alpha value is -2.90. The molecule has 0 radical (unpaired) electrons. The summed E-state index contributed by atoms with van der Waals surface area (Å²) in [6.45, 7) is 2.73. The molecule has 0 aliphatic carbocycles. The lowest BCUT2D eigenvalue weighted by atomic mass is 10.1. The van der Waals surface area contributed by atoms with Crippen molar-refractivity contribution in [2.45, 2.75) is 12.6 Å². The minimum atomic E-state index is -0.244. The molecule has 7 heteroatoms. The van der Waals surface area contributed by atoms with Gasteiger partial charge in [0.25, 0.3) is 5.89 Å². The molecule has 4 rings (SSSR count). The second kappa shape index (κ2) is 7.77. The van der Waals surface area contributed by atoms with Crippen LogP contribution in [0.25, 0.3) is 11.5 Å². The summed E-state index contributed by atoms with van der Waals surface area (Å²) < 4.78 is 16.3. The SMILES string of the molecule is COc1ccc(CN2CCO[C@H](c3noc(-c4ccccc4)n3)C2)cc1O. The molecule has 1 saturated heterocycles. The number of phenolic OH excluding ortho intramolecular Hbond substituents is 1. The van der Waals surface area contributed by atoms with Gasteiger partial charge in [-0.25, -0.2) is 0 Å². The molecule has 1 atom stereocenters. The van der Waals surface area contributed by atoms with Gasteiger partial charge in [0, 0.05) is 25.2 Å². The highest BCUT2D eigenvalue weighted by atomic mass is 16.5. The fourth-order valence-electron chi connectivity index (χ4n) is 3.16. The highest BCUT2D eigenvalue weighted by Gasteiger charge is 2.26. The van der Waals surface area contributed by atoms with Gasteiger partial charge in [0.2, 0.25) is 5.82 Å². The summed E-state index contributed by atoms with van der Waals surface area (Å²) in [5.41, 5.74) is 1.89. The number of methoxy groups -OCH3 is 1. The second-order valence-corrected chi connectivity index (χ2v) is 6.42. The Morgan fingerprint density at radius 1 is 1.22 bits per heavy atom. The standard InChI is InChI=1S/C20H21N3O4/c1-25-17-8-7-14(11-16(17)24)12-23-9-10-26-18(13-23)19-21-20(27-22-19)15-5-3-2-4-6-15/h2-8,11,18,24H,9-10,12-13H2,1H3/t18-/m0/s1. The van der Waals surface area contributed by atoms with E-state index in [1.165, 1.54) is 7.11 Å². The molecule has 7 nitrogen and oxygen atoms in total. The van der Waals surface area contributed by atoms with Gasteiger partial charge in [0.1, 0.15) is 6.10 Å². The molecule has 1 aromatic heterocycles. The van der Waals surface area contributed by atoms with Crippen molar-refractivity contribution < 1.29 is 19.1 Å². The lowest BCUT2D eigenvalue weighted by Gasteiger charge is -2.31. The maximum absolute atomic E-state index is 9.96. The van der Waals surface area contributed by atoms with Crippen LogP contribution in [-0.2, 0) is 11.3 Å². The van der Waals surface area contributed by atoms with Gasteiger partial charge in [-0.2, -0.15) is 4.98 Å². The van der Waals surface area contributed by atoms with E-state index >= 15 is 0 Å². The van der Waals surface area contributed by atoms with Gasteiger partial charge in [-0.3, -0.25) is 4.90 Å². The van der Waals surface area contributed by atoms with Crippen LogP contribution < -0.4 is 4.74 Å². The molecule has 0 bridgehead atoms. The van der Waals surface area contributed by atoms with Crippen LogP contribution in [0.5, 0.6) is 11.5 Å². The number of ether oxygens (including phenoxy) is 2. The van der Waals surface area contributed by atoms with Crippen LogP contribution in [0.2, 0.25) is 0 Å². The first kappa shape index (κ1) is 17.5. The molecule has 0 spiro atoms. The Labute approximate surface area is 157 Å². The maximum atomic E-state index is 9.96. The van der Waals surface area contributed by atoms with Crippen LogP contribution in [-0.4, -0.2) is 47.0 Å². The summed E-state index contributed by atoms with van der Waals surface area (Å²) in [5, 5.41) is 14.1. The normalized spacial score (nSPS) is 17.7. The van der Waals surface area contributed by atoms with Gasteiger partial charge >= 0.3 is 0 Å². The number of nitrogens with zero attached hydrogens (tertiary/aromatic N) is 3. The van der Waals surface area contributed by atoms with Gasteiger partial charge < -0.3 is 19.1 Å². The molecule has 1 aliphatic heterocycles. The third-order valence-electron chi connectivity index (χ3n) is 4.55. The summed E-state index contributed by atoms with van der Waals surface area (Å²) in [6, 6.07) is 15.1. The summed E-state index contributed by atoms with van der Waals surface area (Å²) in [6.07, 6.45) is -0.244. The fraction of sp³-hybridized carbons (Fsp3) is 0.300. The monoisotopic (exact) mass is 367 g/mol. The lowest BCUT2D eigenvalue weighted by Crippen LogP contribution is -2.38. The zero-order valence-corrected chi connectivity index (χ0v) is 15.0. The minimum Gasteiger partial charge on any atom is -0.504 e. The van der Waals surface area contributed by atoms with Crippen molar-refractivity contribution in [1.29, 1.82) is 0 Å². The summed E-state index contributed by atoms with van der Waals surface area (Å²) in [7, 11) is 1.54. The zero-order chi connectivity index (χ0) is 18.6. The number of hydrogen-bond acceptors (Lipinski definition) is 7. The van der Waals surface area contributed by atoms with E-state index in [-0.39, 0.29) is 11.9 Å². The Kier molecular flexibility index (Phi) is 5.04. The average Bonchev–Trinajstić information content (AvgIpc) is 3.19. The van der Waals surface area contributed by atoms with E-state index in [0.29, 0.717) is 37.2 Å².